The maximum absolute atomic E-state index is 12.8. The Labute approximate surface area is 135 Å². The third kappa shape index (κ3) is 3.13. The predicted octanol–water partition coefficient (Wildman–Crippen LogP) is 2.53. The van der Waals surface area contributed by atoms with E-state index in [1.165, 1.54) is 0 Å². The number of amides is 1. The van der Waals surface area contributed by atoms with Gasteiger partial charge in [-0.3, -0.25) is 4.79 Å². The molecule has 23 heavy (non-hydrogen) atoms. The van der Waals surface area contributed by atoms with E-state index in [4.69, 9.17) is 9.05 Å². The van der Waals surface area contributed by atoms with Gasteiger partial charge in [-0.15, -0.1) is 0 Å². The van der Waals surface area contributed by atoms with Gasteiger partial charge >= 0.3 is 0 Å². The smallest absolute Gasteiger partial charge is 0.249 e. The fourth-order valence-corrected chi connectivity index (χ4v) is 3.04. The Kier molecular flexibility index (Phi) is 4.45. The van der Waals surface area contributed by atoms with Crippen molar-refractivity contribution in [3.05, 3.63) is 28.7 Å². The maximum Gasteiger partial charge on any atom is 0.249 e. The summed E-state index contributed by atoms with van der Waals surface area (Å²) in [5, 5.41) is 7.88. The van der Waals surface area contributed by atoms with Gasteiger partial charge in [-0.2, -0.15) is 4.98 Å². The lowest BCUT2D eigenvalue weighted by Crippen LogP contribution is -2.39. The van der Waals surface area contributed by atoms with Gasteiger partial charge in [0.1, 0.15) is 11.8 Å². The molecule has 0 bridgehead atoms. The summed E-state index contributed by atoms with van der Waals surface area (Å²) in [4.78, 5) is 19.1. The second-order valence-corrected chi connectivity index (χ2v) is 5.98. The Bertz CT molecular complexity index is 672. The summed E-state index contributed by atoms with van der Waals surface area (Å²) < 4.78 is 10.5. The molecule has 124 valence electrons. The zero-order valence-corrected chi connectivity index (χ0v) is 13.8. The molecular weight excluding hydrogens is 296 g/mol. The van der Waals surface area contributed by atoms with Gasteiger partial charge in [-0.1, -0.05) is 17.2 Å². The molecule has 0 aromatic carbocycles. The van der Waals surface area contributed by atoms with Crippen LogP contribution in [0.15, 0.2) is 9.05 Å². The molecule has 1 fully saturated rings. The molecule has 3 heterocycles. The standard InChI is InChI=1S/C16H22N4O3/c1-4-14-17-16(23-19-14)13-7-5-6-8-20(13)15(21)9-12-10(2)18-22-11(12)3/h13H,4-9H2,1-3H3/t13-/m1/s1. The zero-order chi connectivity index (χ0) is 16.4. The number of aromatic nitrogens is 3. The van der Waals surface area contributed by atoms with Crippen LogP contribution < -0.4 is 0 Å². The minimum absolute atomic E-state index is 0.0559. The second kappa shape index (κ2) is 6.52. The molecule has 0 unspecified atom stereocenters. The van der Waals surface area contributed by atoms with Crippen LogP contribution in [0.25, 0.3) is 0 Å². The number of nitrogens with zero attached hydrogens (tertiary/aromatic N) is 4. The summed E-state index contributed by atoms with van der Waals surface area (Å²) >= 11 is 0. The number of carbonyl (C=O) groups is 1. The average molecular weight is 318 g/mol. The Morgan fingerprint density at radius 1 is 1.26 bits per heavy atom. The molecule has 0 spiro atoms. The molecule has 1 aliphatic heterocycles. The Balaban J connectivity index is 1.79. The fraction of sp³-hybridized carbons (Fsp3) is 0.625. The predicted molar refractivity (Wildman–Crippen MR) is 81.7 cm³/mol. The number of likely N-dealkylation sites (tertiary alicyclic amines) is 1. The lowest BCUT2D eigenvalue weighted by atomic mass is 10.0. The van der Waals surface area contributed by atoms with E-state index >= 15 is 0 Å². The largest absolute Gasteiger partial charge is 0.361 e. The van der Waals surface area contributed by atoms with Crippen LogP contribution in [-0.2, 0) is 17.6 Å². The van der Waals surface area contributed by atoms with Gasteiger partial charge in [0.25, 0.3) is 0 Å². The molecule has 7 nitrogen and oxygen atoms in total. The molecule has 2 aromatic rings. The van der Waals surface area contributed by atoms with Crippen LogP contribution in [0.2, 0.25) is 0 Å². The number of carbonyl (C=O) groups excluding carboxylic acids is 1. The van der Waals surface area contributed by atoms with Gasteiger partial charge in [0.15, 0.2) is 5.82 Å². The lowest BCUT2D eigenvalue weighted by molar-refractivity contribution is -0.135. The molecule has 0 aliphatic carbocycles. The van der Waals surface area contributed by atoms with Crippen molar-refractivity contribution < 1.29 is 13.8 Å². The Morgan fingerprint density at radius 3 is 2.74 bits per heavy atom. The van der Waals surface area contributed by atoms with Crippen molar-refractivity contribution in [2.24, 2.45) is 0 Å². The first-order valence-corrected chi connectivity index (χ1v) is 8.13. The number of rotatable bonds is 4. The van der Waals surface area contributed by atoms with Crippen molar-refractivity contribution in [3.63, 3.8) is 0 Å². The van der Waals surface area contributed by atoms with E-state index in [9.17, 15) is 4.79 Å². The van der Waals surface area contributed by atoms with Crippen LogP contribution >= 0.6 is 0 Å². The minimum atomic E-state index is -0.121. The first-order chi connectivity index (χ1) is 11.1. The van der Waals surface area contributed by atoms with Crippen LogP contribution in [-0.4, -0.2) is 32.6 Å². The van der Waals surface area contributed by atoms with E-state index < -0.39 is 0 Å². The second-order valence-electron chi connectivity index (χ2n) is 5.98. The summed E-state index contributed by atoms with van der Waals surface area (Å²) in [5.41, 5.74) is 1.65. The van der Waals surface area contributed by atoms with Crippen molar-refractivity contribution in [2.45, 2.75) is 58.9 Å². The summed E-state index contributed by atoms with van der Waals surface area (Å²) in [5.74, 6) is 1.99. The fourth-order valence-electron chi connectivity index (χ4n) is 3.04. The van der Waals surface area contributed by atoms with Crippen LogP contribution in [0.3, 0.4) is 0 Å². The molecule has 7 heteroatoms. The molecule has 1 aliphatic rings. The highest BCUT2D eigenvalue weighted by Gasteiger charge is 2.32. The van der Waals surface area contributed by atoms with Crippen molar-refractivity contribution in [2.75, 3.05) is 6.54 Å². The van der Waals surface area contributed by atoms with Crippen molar-refractivity contribution >= 4 is 5.91 Å². The van der Waals surface area contributed by atoms with E-state index in [0.29, 0.717) is 23.9 Å². The molecule has 1 saturated heterocycles. The summed E-state index contributed by atoms with van der Waals surface area (Å²) in [6.45, 7) is 6.40. The molecule has 2 aromatic heterocycles. The van der Waals surface area contributed by atoms with Gasteiger partial charge < -0.3 is 13.9 Å². The number of aryl methyl sites for hydroxylation is 3. The highest BCUT2D eigenvalue weighted by atomic mass is 16.5. The van der Waals surface area contributed by atoms with E-state index in [1.807, 2.05) is 25.7 Å². The first-order valence-electron chi connectivity index (χ1n) is 8.13. The minimum Gasteiger partial charge on any atom is -0.361 e. The van der Waals surface area contributed by atoms with Gasteiger partial charge in [-0.05, 0) is 33.1 Å². The van der Waals surface area contributed by atoms with Gasteiger partial charge in [0, 0.05) is 18.5 Å². The monoisotopic (exact) mass is 318 g/mol. The van der Waals surface area contributed by atoms with Crippen molar-refractivity contribution in [1.29, 1.82) is 0 Å². The number of piperidine rings is 1. The molecule has 3 rings (SSSR count). The van der Waals surface area contributed by atoms with Crippen molar-refractivity contribution in [3.8, 4) is 0 Å². The third-order valence-electron chi connectivity index (χ3n) is 4.42. The molecular formula is C16H22N4O3. The number of hydrogen-bond donors (Lipinski definition) is 0. The molecule has 0 saturated carbocycles. The molecule has 0 N–H and O–H groups in total. The van der Waals surface area contributed by atoms with Crippen LogP contribution in [0, 0.1) is 13.8 Å². The first kappa shape index (κ1) is 15.7. The van der Waals surface area contributed by atoms with Crippen LogP contribution in [0.5, 0.6) is 0 Å². The Hall–Kier alpha value is -2.18. The van der Waals surface area contributed by atoms with E-state index in [-0.39, 0.29) is 11.9 Å². The SMILES string of the molecule is CCc1noc([C@H]2CCCCN2C(=O)Cc2c(C)noc2C)n1. The average Bonchev–Trinajstić information content (AvgIpc) is 3.16. The third-order valence-corrected chi connectivity index (χ3v) is 4.42. The topological polar surface area (TPSA) is 85.3 Å². The maximum atomic E-state index is 12.8. The normalized spacial score (nSPS) is 18.4. The summed E-state index contributed by atoms with van der Waals surface area (Å²) in [6.07, 6.45) is 3.94. The zero-order valence-electron chi connectivity index (χ0n) is 13.8. The van der Waals surface area contributed by atoms with Crippen molar-refractivity contribution in [1.82, 2.24) is 20.2 Å². The van der Waals surface area contributed by atoms with Crippen LogP contribution in [0.1, 0.15) is 61.0 Å². The van der Waals surface area contributed by atoms with Crippen LogP contribution in [0.4, 0.5) is 0 Å². The summed E-state index contributed by atoms with van der Waals surface area (Å²) in [7, 11) is 0. The van der Waals surface area contributed by atoms with Gasteiger partial charge in [0.05, 0.1) is 12.1 Å². The van der Waals surface area contributed by atoms with E-state index in [0.717, 1.165) is 43.5 Å². The quantitative estimate of drug-likeness (QED) is 0.861. The molecule has 1 atom stereocenters. The lowest BCUT2D eigenvalue weighted by Gasteiger charge is -2.33. The van der Waals surface area contributed by atoms with E-state index in [2.05, 4.69) is 15.3 Å². The van der Waals surface area contributed by atoms with E-state index in [1.54, 1.807) is 0 Å². The highest BCUT2D eigenvalue weighted by Crippen LogP contribution is 2.31. The molecule has 0 radical (unpaired) electrons. The highest BCUT2D eigenvalue weighted by molar-refractivity contribution is 5.79. The Morgan fingerprint density at radius 2 is 2.09 bits per heavy atom. The number of hydrogen-bond acceptors (Lipinski definition) is 6. The molecule has 1 amide bonds. The van der Waals surface area contributed by atoms with Gasteiger partial charge in [-0.25, -0.2) is 0 Å². The van der Waals surface area contributed by atoms with Gasteiger partial charge in [0.2, 0.25) is 11.8 Å². The summed E-state index contributed by atoms with van der Waals surface area (Å²) in [6, 6.07) is -0.121.